The summed E-state index contributed by atoms with van der Waals surface area (Å²) < 4.78 is 5.68. The molecule has 0 amide bonds. The molecule has 0 aliphatic rings. The molecule has 0 unspecified atom stereocenters. The molecule has 1 aromatic carbocycles. The Bertz CT molecular complexity index is 869. The van der Waals surface area contributed by atoms with Crippen LogP contribution in [0.1, 0.15) is 23.0 Å². The van der Waals surface area contributed by atoms with E-state index in [-0.39, 0.29) is 18.2 Å². The van der Waals surface area contributed by atoms with Gasteiger partial charge in [0.1, 0.15) is 0 Å². The summed E-state index contributed by atoms with van der Waals surface area (Å²) in [6, 6.07) is 7.73. The van der Waals surface area contributed by atoms with E-state index < -0.39 is 0 Å². The minimum atomic E-state index is -0.283. The Morgan fingerprint density at radius 1 is 1.33 bits per heavy atom. The Morgan fingerprint density at radius 3 is 3.00 bits per heavy atom. The molecule has 2 heterocycles. The van der Waals surface area contributed by atoms with Crippen LogP contribution in [0.5, 0.6) is 0 Å². The number of nitrogens with one attached hydrogen (secondary N) is 1. The number of thiazole rings is 1. The van der Waals surface area contributed by atoms with Crippen molar-refractivity contribution < 1.29 is 14.3 Å². The maximum atomic E-state index is 12.4. The van der Waals surface area contributed by atoms with Gasteiger partial charge in [0, 0.05) is 28.0 Å². The first-order valence-electron chi connectivity index (χ1n) is 7.49. The van der Waals surface area contributed by atoms with Crippen molar-refractivity contribution in [3.05, 3.63) is 47.1 Å². The second-order valence-electron chi connectivity index (χ2n) is 5.05. The molecule has 0 spiro atoms. The van der Waals surface area contributed by atoms with Gasteiger partial charge in [-0.05, 0) is 13.0 Å². The Kier molecular flexibility index (Phi) is 5.32. The first-order chi connectivity index (χ1) is 11.7. The zero-order valence-electron chi connectivity index (χ0n) is 13.1. The summed E-state index contributed by atoms with van der Waals surface area (Å²) in [5, 5.41) is 2.76. The highest BCUT2D eigenvalue weighted by Gasteiger charge is 2.14. The van der Waals surface area contributed by atoms with Crippen molar-refractivity contribution in [1.82, 2.24) is 9.97 Å². The highest BCUT2D eigenvalue weighted by atomic mass is 32.2. The van der Waals surface area contributed by atoms with Crippen molar-refractivity contribution in [3.63, 3.8) is 0 Å². The van der Waals surface area contributed by atoms with E-state index in [2.05, 4.69) is 9.97 Å². The average Bonchev–Trinajstić information content (AvgIpc) is 3.19. The number of rotatable bonds is 7. The minimum Gasteiger partial charge on any atom is -0.466 e. The third-order valence-electron chi connectivity index (χ3n) is 3.38. The highest BCUT2D eigenvalue weighted by molar-refractivity contribution is 8.01. The number of benzene rings is 1. The average molecular weight is 360 g/mol. The Balaban J connectivity index is 1.60. The van der Waals surface area contributed by atoms with Crippen molar-refractivity contribution in [3.8, 4) is 0 Å². The number of carbonyl (C=O) groups excluding carboxylic acids is 2. The van der Waals surface area contributed by atoms with Crippen molar-refractivity contribution in [1.29, 1.82) is 0 Å². The SMILES string of the molecule is CCOC(=O)Cc1csc(SCC(=O)c2c[nH]c3ccccc23)n1. The number of H-pyrrole nitrogens is 1. The summed E-state index contributed by atoms with van der Waals surface area (Å²) in [5.74, 6) is 0.0857. The zero-order chi connectivity index (χ0) is 16.9. The van der Waals surface area contributed by atoms with Gasteiger partial charge in [-0.3, -0.25) is 9.59 Å². The normalized spacial score (nSPS) is 10.9. The summed E-state index contributed by atoms with van der Waals surface area (Å²) >= 11 is 2.82. The van der Waals surface area contributed by atoms with Crippen molar-refractivity contribution in [2.24, 2.45) is 0 Å². The monoisotopic (exact) mass is 360 g/mol. The summed E-state index contributed by atoms with van der Waals surface area (Å²) in [6.45, 7) is 2.14. The van der Waals surface area contributed by atoms with Crippen LogP contribution in [0.15, 0.2) is 40.2 Å². The summed E-state index contributed by atoms with van der Waals surface area (Å²) in [7, 11) is 0. The number of aromatic amines is 1. The molecule has 3 rings (SSSR count). The van der Waals surface area contributed by atoms with E-state index in [9.17, 15) is 9.59 Å². The molecule has 5 nitrogen and oxygen atoms in total. The predicted molar refractivity (Wildman–Crippen MR) is 95.8 cm³/mol. The quantitative estimate of drug-likeness (QED) is 0.395. The summed E-state index contributed by atoms with van der Waals surface area (Å²) in [6.07, 6.45) is 1.92. The lowest BCUT2D eigenvalue weighted by Crippen LogP contribution is -2.07. The molecule has 0 saturated carbocycles. The molecule has 124 valence electrons. The molecule has 0 atom stereocenters. The van der Waals surface area contributed by atoms with Crippen molar-refractivity contribution >= 4 is 45.8 Å². The van der Waals surface area contributed by atoms with Gasteiger partial charge >= 0.3 is 5.97 Å². The fourth-order valence-corrected chi connectivity index (χ4v) is 4.03. The molecule has 24 heavy (non-hydrogen) atoms. The number of esters is 1. The molecule has 1 N–H and O–H groups in total. The molecule has 0 saturated heterocycles. The predicted octanol–water partition coefficient (Wildman–Crippen LogP) is 3.71. The van der Waals surface area contributed by atoms with Crippen LogP contribution in [0.2, 0.25) is 0 Å². The molecule has 3 aromatic rings. The third kappa shape index (κ3) is 3.85. The highest BCUT2D eigenvalue weighted by Crippen LogP contribution is 2.25. The number of thioether (sulfide) groups is 1. The molecule has 0 fully saturated rings. The van der Waals surface area contributed by atoms with Crippen LogP contribution < -0.4 is 0 Å². The number of hydrogen-bond donors (Lipinski definition) is 1. The second-order valence-corrected chi connectivity index (χ2v) is 7.13. The maximum Gasteiger partial charge on any atom is 0.311 e. The Labute approximate surface area is 147 Å². The van der Waals surface area contributed by atoms with Crippen LogP contribution in [0.25, 0.3) is 10.9 Å². The molecule has 0 aliphatic heterocycles. The lowest BCUT2D eigenvalue weighted by Gasteiger charge is -1.99. The fourth-order valence-electron chi connectivity index (χ4n) is 2.30. The smallest absolute Gasteiger partial charge is 0.311 e. The van der Waals surface area contributed by atoms with Gasteiger partial charge in [-0.15, -0.1) is 11.3 Å². The number of ketones is 1. The van der Waals surface area contributed by atoms with E-state index in [1.807, 2.05) is 29.6 Å². The van der Waals surface area contributed by atoms with Gasteiger partial charge in [0.25, 0.3) is 0 Å². The van der Waals surface area contributed by atoms with Crippen LogP contribution >= 0.6 is 23.1 Å². The number of hydrogen-bond acceptors (Lipinski definition) is 6. The summed E-state index contributed by atoms with van der Waals surface area (Å²) in [4.78, 5) is 31.3. The van der Waals surface area contributed by atoms with Gasteiger partial charge in [0.15, 0.2) is 10.1 Å². The maximum absolute atomic E-state index is 12.4. The first kappa shape index (κ1) is 16.7. The van der Waals surface area contributed by atoms with Crippen molar-refractivity contribution in [2.75, 3.05) is 12.4 Å². The minimum absolute atomic E-state index is 0.0552. The molecule has 2 aromatic heterocycles. The van der Waals surface area contributed by atoms with E-state index >= 15 is 0 Å². The summed E-state index contributed by atoms with van der Waals surface area (Å²) in [5.41, 5.74) is 2.33. The topological polar surface area (TPSA) is 72.1 Å². The van der Waals surface area contributed by atoms with E-state index in [0.717, 1.165) is 15.2 Å². The van der Waals surface area contributed by atoms with Crippen LogP contribution in [0, 0.1) is 0 Å². The zero-order valence-corrected chi connectivity index (χ0v) is 14.7. The Morgan fingerprint density at radius 2 is 2.17 bits per heavy atom. The first-order valence-corrected chi connectivity index (χ1v) is 9.36. The van der Waals surface area contributed by atoms with Crippen LogP contribution in [0.4, 0.5) is 0 Å². The van der Waals surface area contributed by atoms with Crippen LogP contribution in [0.3, 0.4) is 0 Å². The van der Waals surface area contributed by atoms with E-state index in [1.165, 1.54) is 23.1 Å². The van der Waals surface area contributed by atoms with Gasteiger partial charge in [-0.1, -0.05) is 30.0 Å². The van der Waals surface area contributed by atoms with Crippen LogP contribution in [-0.4, -0.2) is 34.1 Å². The molecule has 0 aliphatic carbocycles. The Hall–Kier alpha value is -2.12. The van der Waals surface area contributed by atoms with Gasteiger partial charge in [-0.2, -0.15) is 0 Å². The number of ether oxygens (including phenoxy) is 1. The van der Waals surface area contributed by atoms with Gasteiger partial charge in [0.05, 0.1) is 24.5 Å². The molecule has 0 radical (unpaired) electrons. The van der Waals surface area contributed by atoms with E-state index in [4.69, 9.17) is 4.74 Å². The number of aromatic nitrogens is 2. The molecule has 7 heteroatoms. The lowest BCUT2D eigenvalue weighted by atomic mass is 10.1. The molecular formula is C17H16N2O3S2. The molecule has 0 bridgehead atoms. The van der Waals surface area contributed by atoms with Gasteiger partial charge in [0.2, 0.25) is 0 Å². The number of fused-ring (bicyclic) bond motifs is 1. The molecular weight excluding hydrogens is 344 g/mol. The lowest BCUT2D eigenvalue weighted by molar-refractivity contribution is -0.142. The fraction of sp³-hybridized carbons (Fsp3) is 0.235. The van der Waals surface area contributed by atoms with Crippen molar-refractivity contribution in [2.45, 2.75) is 17.7 Å². The standard InChI is InChI=1S/C17H16N2O3S2/c1-2-22-16(21)7-11-9-23-17(19-11)24-10-15(20)13-8-18-14-6-4-3-5-12(13)14/h3-6,8-9,18H,2,7,10H2,1H3. The number of nitrogens with zero attached hydrogens (tertiary/aromatic N) is 1. The van der Waals surface area contributed by atoms with Gasteiger partial charge < -0.3 is 9.72 Å². The largest absolute Gasteiger partial charge is 0.466 e. The third-order valence-corrected chi connectivity index (χ3v) is 5.45. The number of para-hydroxylation sites is 1. The number of Topliss-reactive ketones (excluding diaryl/α,β-unsaturated/α-hetero) is 1. The van der Waals surface area contributed by atoms with Crippen LogP contribution in [-0.2, 0) is 16.0 Å². The second kappa shape index (κ2) is 7.63. The van der Waals surface area contributed by atoms with Gasteiger partial charge in [-0.25, -0.2) is 4.98 Å². The number of carbonyl (C=O) groups is 2. The van der Waals surface area contributed by atoms with E-state index in [0.29, 0.717) is 23.6 Å². The van der Waals surface area contributed by atoms with E-state index in [1.54, 1.807) is 13.1 Å².